The maximum atomic E-state index is 10.5. The van der Waals surface area contributed by atoms with Crippen LogP contribution in [0.3, 0.4) is 0 Å². The molecule has 106 valence electrons. The summed E-state index contributed by atoms with van der Waals surface area (Å²) in [6.07, 6.45) is -0.0292. The lowest BCUT2D eigenvalue weighted by molar-refractivity contribution is 0.176. The Bertz CT molecular complexity index is 785. The molecule has 0 aliphatic heterocycles. The third kappa shape index (κ3) is 3.14. The molecule has 1 atom stereocenters. The van der Waals surface area contributed by atoms with Crippen LogP contribution in [0.15, 0.2) is 59.1 Å². The molecule has 1 N–H and O–H groups in total. The van der Waals surface area contributed by atoms with Crippen molar-refractivity contribution >= 4 is 26.8 Å². The molecule has 2 aromatic carbocycles. The predicted molar refractivity (Wildman–Crippen MR) is 89.3 cm³/mol. The van der Waals surface area contributed by atoms with Crippen LogP contribution < -0.4 is 0 Å². The molecule has 0 amide bonds. The van der Waals surface area contributed by atoms with Gasteiger partial charge in [-0.15, -0.1) is 0 Å². The molecule has 1 aromatic heterocycles. The van der Waals surface area contributed by atoms with Crippen molar-refractivity contribution in [3.05, 3.63) is 75.9 Å². The number of halogens is 1. The number of hydrogen-bond acceptors (Lipinski definition) is 2. The first-order valence-electron chi connectivity index (χ1n) is 6.92. The summed E-state index contributed by atoms with van der Waals surface area (Å²) in [4.78, 5) is 4.62. The monoisotopic (exact) mass is 341 g/mol. The second-order valence-corrected chi connectivity index (χ2v) is 6.13. The van der Waals surface area contributed by atoms with Gasteiger partial charge >= 0.3 is 0 Å². The summed E-state index contributed by atoms with van der Waals surface area (Å²) in [6, 6.07) is 18.0. The average molecular weight is 342 g/mol. The van der Waals surface area contributed by atoms with Crippen LogP contribution in [0.5, 0.6) is 0 Å². The fourth-order valence-corrected chi connectivity index (χ4v) is 2.88. The van der Waals surface area contributed by atoms with Crippen molar-refractivity contribution in [3.8, 4) is 0 Å². The van der Waals surface area contributed by atoms with E-state index in [4.69, 9.17) is 0 Å². The minimum Gasteiger partial charge on any atom is -0.388 e. The molecule has 0 fully saturated rings. The van der Waals surface area contributed by atoms with Crippen molar-refractivity contribution in [2.24, 2.45) is 0 Å². The molecule has 0 aliphatic carbocycles. The highest BCUT2D eigenvalue weighted by molar-refractivity contribution is 9.10. The fraction of sp³-hybridized carbons (Fsp3) is 0.167. The zero-order valence-electron chi connectivity index (χ0n) is 11.8. The molecule has 0 bridgehead atoms. The summed E-state index contributed by atoms with van der Waals surface area (Å²) in [5, 5.41) is 11.6. The van der Waals surface area contributed by atoms with Crippen LogP contribution in [0.25, 0.3) is 10.9 Å². The van der Waals surface area contributed by atoms with E-state index in [-0.39, 0.29) is 0 Å². The van der Waals surface area contributed by atoms with E-state index in [2.05, 4.69) is 27.0 Å². The van der Waals surface area contributed by atoms with Gasteiger partial charge in [-0.25, -0.2) is 0 Å². The minimum absolute atomic E-state index is 0.516. The molecule has 1 unspecified atom stereocenters. The second-order valence-electron chi connectivity index (χ2n) is 5.22. The summed E-state index contributed by atoms with van der Waals surface area (Å²) in [6.45, 7) is 2.01. The van der Waals surface area contributed by atoms with Crippen LogP contribution >= 0.6 is 15.9 Å². The first kappa shape index (κ1) is 14.2. The molecule has 0 saturated heterocycles. The molecule has 3 heteroatoms. The Balaban J connectivity index is 1.88. The highest BCUT2D eigenvalue weighted by Crippen LogP contribution is 2.25. The topological polar surface area (TPSA) is 33.1 Å². The number of pyridine rings is 1. The van der Waals surface area contributed by atoms with Gasteiger partial charge in [-0.2, -0.15) is 0 Å². The number of fused-ring (bicyclic) bond motifs is 1. The SMILES string of the molecule is Cc1ccc(Br)cc1C(O)Cc1ccc2ccccc2n1. The van der Waals surface area contributed by atoms with Crippen molar-refractivity contribution in [3.63, 3.8) is 0 Å². The molecule has 3 aromatic rings. The van der Waals surface area contributed by atoms with Crippen LogP contribution in [0.1, 0.15) is 22.9 Å². The van der Waals surface area contributed by atoms with Crippen LogP contribution in [-0.2, 0) is 6.42 Å². The predicted octanol–water partition coefficient (Wildman–Crippen LogP) is 4.58. The largest absolute Gasteiger partial charge is 0.388 e. The third-order valence-corrected chi connectivity index (χ3v) is 4.15. The molecule has 0 aliphatic rings. The van der Waals surface area contributed by atoms with Gasteiger partial charge in [-0.05, 0) is 42.3 Å². The average Bonchev–Trinajstić information content (AvgIpc) is 2.49. The minimum atomic E-state index is -0.545. The van der Waals surface area contributed by atoms with Crippen LogP contribution in [0, 0.1) is 6.92 Å². The number of aliphatic hydroxyl groups excluding tert-OH is 1. The Morgan fingerprint density at radius 1 is 1.10 bits per heavy atom. The third-order valence-electron chi connectivity index (χ3n) is 3.66. The number of aromatic nitrogens is 1. The number of benzene rings is 2. The van der Waals surface area contributed by atoms with Gasteiger partial charge in [0, 0.05) is 22.0 Å². The van der Waals surface area contributed by atoms with Gasteiger partial charge in [-0.1, -0.05) is 46.3 Å². The van der Waals surface area contributed by atoms with E-state index in [1.165, 1.54) is 0 Å². The van der Waals surface area contributed by atoms with Gasteiger partial charge in [0.05, 0.1) is 11.6 Å². The highest BCUT2D eigenvalue weighted by Gasteiger charge is 2.13. The van der Waals surface area contributed by atoms with Gasteiger partial charge in [0.1, 0.15) is 0 Å². The molecular formula is C18H16BrNO. The molecular weight excluding hydrogens is 326 g/mol. The number of aliphatic hydroxyl groups is 1. The first-order chi connectivity index (χ1) is 10.1. The zero-order chi connectivity index (χ0) is 14.8. The zero-order valence-corrected chi connectivity index (χ0v) is 13.3. The summed E-state index contributed by atoms with van der Waals surface area (Å²) in [7, 11) is 0. The van der Waals surface area contributed by atoms with Crippen molar-refractivity contribution in [2.75, 3.05) is 0 Å². The van der Waals surface area contributed by atoms with Gasteiger partial charge < -0.3 is 5.11 Å². The lowest BCUT2D eigenvalue weighted by Crippen LogP contribution is -2.05. The lowest BCUT2D eigenvalue weighted by atomic mass is 9.99. The molecule has 21 heavy (non-hydrogen) atoms. The number of rotatable bonds is 3. The van der Waals surface area contributed by atoms with Crippen LogP contribution in [0.4, 0.5) is 0 Å². The Kier molecular flexibility index (Phi) is 4.04. The summed E-state index contributed by atoms with van der Waals surface area (Å²) in [5.41, 5.74) is 3.90. The standard InChI is InChI=1S/C18H16BrNO/c1-12-6-8-14(19)10-16(12)18(21)11-15-9-7-13-4-2-3-5-17(13)20-15/h2-10,18,21H,11H2,1H3. The van der Waals surface area contributed by atoms with Crippen LogP contribution in [-0.4, -0.2) is 10.1 Å². The normalized spacial score (nSPS) is 12.5. The highest BCUT2D eigenvalue weighted by atomic mass is 79.9. The molecule has 2 nitrogen and oxygen atoms in total. The van der Waals surface area contributed by atoms with Gasteiger partial charge in [-0.3, -0.25) is 4.98 Å². The summed E-state index contributed by atoms with van der Waals surface area (Å²) in [5.74, 6) is 0. The molecule has 0 saturated carbocycles. The van der Waals surface area contributed by atoms with E-state index in [0.29, 0.717) is 6.42 Å². The number of aryl methyl sites for hydroxylation is 1. The molecule has 3 rings (SSSR count). The van der Waals surface area contributed by atoms with Crippen molar-refractivity contribution in [1.29, 1.82) is 0 Å². The smallest absolute Gasteiger partial charge is 0.0848 e. The lowest BCUT2D eigenvalue weighted by Gasteiger charge is -2.14. The van der Waals surface area contributed by atoms with E-state index in [1.807, 2.05) is 55.5 Å². The first-order valence-corrected chi connectivity index (χ1v) is 7.71. The Morgan fingerprint density at radius 2 is 1.90 bits per heavy atom. The number of para-hydroxylation sites is 1. The Labute approximate surface area is 132 Å². The van der Waals surface area contributed by atoms with Gasteiger partial charge in [0.25, 0.3) is 0 Å². The molecule has 0 spiro atoms. The van der Waals surface area contributed by atoms with Gasteiger partial charge in [0.2, 0.25) is 0 Å². The maximum Gasteiger partial charge on any atom is 0.0848 e. The van der Waals surface area contributed by atoms with E-state index in [1.54, 1.807) is 0 Å². The van der Waals surface area contributed by atoms with Gasteiger partial charge in [0.15, 0.2) is 0 Å². The van der Waals surface area contributed by atoms with Crippen molar-refractivity contribution in [2.45, 2.75) is 19.4 Å². The second kappa shape index (κ2) is 5.96. The summed E-state index contributed by atoms with van der Waals surface area (Å²) >= 11 is 3.46. The van der Waals surface area contributed by atoms with Crippen LogP contribution in [0.2, 0.25) is 0 Å². The number of hydrogen-bond donors (Lipinski definition) is 1. The number of nitrogens with zero attached hydrogens (tertiary/aromatic N) is 1. The van der Waals surface area contributed by atoms with E-state index >= 15 is 0 Å². The van der Waals surface area contributed by atoms with E-state index < -0.39 is 6.10 Å². The molecule has 1 heterocycles. The maximum absolute atomic E-state index is 10.5. The quantitative estimate of drug-likeness (QED) is 0.756. The van der Waals surface area contributed by atoms with Crippen molar-refractivity contribution in [1.82, 2.24) is 4.98 Å². The Hall–Kier alpha value is -1.71. The van der Waals surface area contributed by atoms with E-state index in [0.717, 1.165) is 32.2 Å². The fourth-order valence-electron chi connectivity index (χ4n) is 2.50. The Morgan fingerprint density at radius 3 is 2.76 bits per heavy atom. The molecule has 0 radical (unpaired) electrons. The van der Waals surface area contributed by atoms with E-state index in [9.17, 15) is 5.11 Å². The van der Waals surface area contributed by atoms with Crippen molar-refractivity contribution < 1.29 is 5.11 Å². The summed E-state index contributed by atoms with van der Waals surface area (Å²) < 4.78 is 0.980.